The van der Waals surface area contributed by atoms with Gasteiger partial charge in [0.15, 0.2) is 12.4 Å². The number of esters is 2. The molecule has 0 aromatic rings. The van der Waals surface area contributed by atoms with Gasteiger partial charge in [-0.15, -0.1) is 0 Å². The molecule has 1 heterocycles. The molecule has 0 aromatic carbocycles. The summed E-state index contributed by atoms with van der Waals surface area (Å²) in [5, 5.41) is 34.9. The first kappa shape index (κ1) is 111. The third-order valence-corrected chi connectivity index (χ3v) is 27.4. The molecule has 130 heavy (non-hydrogen) atoms. The number of aliphatic hydroxyl groups excluding tert-OH is 1. The predicted octanol–water partition coefficient (Wildman–Crippen LogP) is 8.77. The zero-order valence-electron chi connectivity index (χ0n) is 82.6. The standard InChI is InChI=1S/C97H158N11O22/c1-27-29-37-62(15)83(130-94(125)128-47-36-34-32-30-31-33-35-46-127-77(113)40-41-78(114)129-55-75(111)97(126)45-43-68-67-39-38-65-52-66(109)42-44-95(65,18)79(67)74(110)53-96(68,97)19)82-87(118)100-69(28-2)89(120)102(20)54-76(112)103(21)70(48-56(3)4)86(117)101-80(60(11)12)92(123)104(22)71(49-57(5)6)85(116)98-63(16)84(115)99-64(17)88(119)105(23)72(50-58(7)8)90(121)106(24)73(51-59(9)10)91(122)107(25)81(61(13)14)93(124)108(82)26/h27,29,42,44,47,52,56-64,67-74,79-83,110,126H,28,30-41,43,45-46,48-51,53-55H2,1-26H3,(H,98,116)(H,99,115)(H,100,118)(H,101,117)/b29-27+/t62-,63?,64?,67?,68?,69?,70+,71?,72?,73?,74+,79?,80?,81?,82?,83?,95+,96+,97+/m1/s1. The van der Waals surface area contributed by atoms with E-state index in [-0.39, 0.29) is 124 Å². The largest absolute Gasteiger partial charge is 0.509 e. The van der Waals surface area contributed by atoms with Gasteiger partial charge in [0.25, 0.3) is 0 Å². The molecule has 1 saturated heterocycles. The molecule has 5 rings (SSSR count). The minimum atomic E-state index is -1.84. The zero-order chi connectivity index (χ0) is 98.2. The van der Waals surface area contributed by atoms with Gasteiger partial charge in [0.05, 0.1) is 32.1 Å². The average Bonchev–Trinajstić information content (AvgIpc) is 1.49. The predicted molar refractivity (Wildman–Crippen MR) is 490 cm³/mol. The van der Waals surface area contributed by atoms with E-state index in [0.717, 1.165) is 28.2 Å². The van der Waals surface area contributed by atoms with Gasteiger partial charge in [-0.3, -0.25) is 71.9 Å². The Morgan fingerprint density at radius 2 is 1.08 bits per heavy atom. The van der Waals surface area contributed by atoms with Gasteiger partial charge in [-0.25, -0.2) is 4.79 Å². The molecule has 4 aliphatic carbocycles. The number of ketones is 2. The van der Waals surface area contributed by atoms with Crippen molar-refractivity contribution in [3.63, 3.8) is 0 Å². The molecule has 19 atom stereocenters. The van der Waals surface area contributed by atoms with Crippen LogP contribution in [0.15, 0.2) is 36.0 Å². The maximum atomic E-state index is 15.9. The Bertz CT molecular complexity index is 4050. The number of ether oxygens (including phenoxy) is 4. The second-order valence-electron chi connectivity index (χ2n) is 40.0. The highest BCUT2D eigenvalue weighted by molar-refractivity contribution is 6.02. The first-order valence-electron chi connectivity index (χ1n) is 47.2. The number of nitrogens with one attached hydrogen (secondary N) is 4. The van der Waals surface area contributed by atoms with E-state index >= 15 is 19.2 Å². The molecule has 11 amide bonds. The number of Topliss-reactive ketones (excluding diaryl/α,β-unsaturated/α-hetero) is 1. The molecule has 733 valence electrons. The number of rotatable bonds is 32. The summed E-state index contributed by atoms with van der Waals surface area (Å²) in [4.78, 5) is 239. The van der Waals surface area contributed by atoms with Crippen molar-refractivity contribution in [3.8, 4) is 0 Å². The van der Waals surface area contributed by atoms with Crippen molar-refractivity contribution < 1.29 is 106 Å². The molecule has 1 radical (unpaired) electrons. The van der Waals surface area contributed by atoms with Gasteiger partial charge in [0, 0.05) is 66.1 Å². The van der Waals surface area contributed by atoms with Crippen molar-refractivity contribution in [3.05, 3.63) is 42.6 Å². The van der Waals surface area contributed by atoms with E-state index in [1.54, 1.807) is 72.8 Å². The molecular formula is C97H158N11O22. The molecule has 6 N–H and O–H groups in total. The molecule has 5 aliphatic rings. The lowest BCUT2D eigenvalue weighted by Crippen LogP contribution is -2.64. The quantitative estimate of drug-likeness (QED) is 0.0158. The number of unbranched alkanes of at least 4 members (excludes halogenated alkanes) is 6. The number of hydrogen-bond acceptors (Lipinski definition) is 22. The van der Waals surface area contributed by atoms with Crippen LogP contribution in [0.2, 0.25) is 0 Å². The summed E-state index contributed by atoms with van der Waals surface area (Å²) in [6.07, 6.45) is 11.4. The first-order chi connectivity index (χ1) is 60.7. The minimum absolute atomic E-state index is 0.00638. The van der Waals surface area contributed by atoms with Gasteiger partial charge in [-0.1, -0.05) is 160 Å². The summed E-state index contributed by atoms with van der Waals surface area (Å²) < 4.78 is 22.5. The fourth-order valence-electron chi connectivity index (χ4n) is 19.7. The van der Waals surface area contributed by atoms with E-state index in [1.165, 1.54) is 94.3 Å². The van der Waals surface area contributed by atoms with Gasteiger partial charge in [0.2, 0.25) is 70.8 Å². The Hall–Kier alpha value is -9.14. The summed E-state index contributed by atoms with van der Waals surface area (Å²) in [7, 11) is 9.72. The molecule has 13 unspecified atom stereocenters. The first-order valence-corrected chi connectivity index (χ1v) is 47.2. The van der Waals surface area contributed by atoms with Crippen LogP contribution in [0.1, 0.15) is 260 Å². The minimum Gasteiger partial charge on any atom is -0.466 e. The second-order valence-corrected chi connectivity index (χ2v) is 40.0. The normalized spacial score (nSPS) is 29.2. The third-order valence-electron chi connectivity index (χ3n) is 27.4. The van der Waals surface area contributed by atoms with E-state index in [1.807, 2.05) is 75.3 Å². The van der Waals surface area contributed by atoms with Crippen LogP contribution in [-0.4, -0.2) is 286 Å². The number of carbonyl (C=O) groups excluding carboxylic acids is 16. The lowest BCUT2D eigenvalue weighted by atomic mass is 9.46. The van der Waals surface area contributed by atoms with Crippen molar-refractivity contribution in [2.45, 2.75) is 338 Å². The van der Waals surface area contributed by atoms with Crippen molar-refractivity contribution in [2.24, 2.45) is 70.0 Å². The fourth-order valence-corrected chi connectivity index (χ4v) is 19.7. The van der Waals surface area contributed by atoms with Gasteiger partial charge in [-0.05, 0) is 176 Å². The van der Waals surface area contributed by atoms with Crippen LogP contribution in [0, 0.1) is 76.6 Å². The summed E-state index contributed by atoms with van der Waals surface area (Å²) in [6, 6.07) is -13.3. The lowest BCUT2D eigenvalue weighted by Gasteiger charge is -2.59. The van der Waals surface area contributed by atoms with Crippen LogP contribution < -0.4 is 21.3 Å². The average molecular weight is 1830 g/mol. The van der Waals surface area contributed by atoms with Gasteiger partial charge in [0.1, 0.15) is 78.7 Å². The van der Waals surface area contributed by atoms with E-state index in [4.69, 9.17) is 18.9 Å². The topological polar surface area (TPSA) is 421 Å². The number of aliphatic hydroxyl groups is 2. The Labute approximate surface area is 772 Å². The monoisotopic (exact) mass is 1830 g/mol. The van der Waals surface area contributed by atoms with Crippen LogP contribution in [0.4, 0.5) is 4.79 Å². The number of likely N-dealkylation sites (N-methyl/N-ethyl adjacent to an activating group) is 7. The van der Waals surface area contributed by atoms with Gasteiger partial charge < -0.3 is 84.7 Å². The fraction of sp³-hybridized carbons (Fsp3) is 0.763. The Balaban J connectivity index is 1.35. The number of hydrogen-bond donors (Lipinski definition) is 6. The zero-order valence-corrected chi connectivity index (χ0v) is 82.6. The lowest BCUT2D eigenvalue weighted by molar-refractivity contribution is -0.181. The van der Waals surface area contributed by atoms with Crippen LogP contribution in [0.25, 0.3) is 0 Å². The van der Waals surface area contributed by atoms with Crippen LogP contribution in [0.5, 0.6) is 0 Å². The van der Waals surface area contributed by atoms with Crippen molar-refractivity contribution in [1.82, 2.24) is 55.6 Å². The summed E-state index contributed by atoms with van der Waals surface area (Å²) in [5.74, 6) is -13.4. The molecule has 1 aliphatic heterocycles. The van der Waals surface area contributed by atoms with E-state index < -0.39 is 209 Å². The van der Waals surface area contributed by atoms with E-state index in [2.05, 4.69) is 21.3 Å². The molecule has 33 nitrogen and oxygen atoms in total. The summed E-state index contributed by atoms with van der Waals surface area (Å²) in [5.41, 5.74) is -2.35. The number of amides is 11. The van der Waals surface area contributed by atoms with E-state index in [0.29, 0.717) is 44.9 Å². The summed E-state index contributed by atoms with van der Waals surface area (Å²) in [6.45, 7) is 33.4. The van der Waals surface area contributed by atoms with E-state index in [9.17, 15) is 67.7 Å². The molecular weight excluding hydrogens is 1670 g/mol. The summed E-state index contributed by atoms with van der Waals surface area (Å²) >= 11 is 0. The van der Waals surface area contributed by atoms with Crippen molar-refractivity contribution in [1.29, 1.82) is 0 Å². The molecule has 0 spiro atoms. The molecule has 33 heteroatoms. The number of carbonyl (C=O) groups is 16. The van der Waals surface area contributed by atoms with Crippen LogP contribution >= 0.6 is 0 Å². The van der Waals surface area contributed by atoms with Crippen LogP contribution in [0.3, 0.4) is 0 Å². The van der Waals surface area contributed by atoms with Gasteiger partial charge >= 0.3 is 18.1 Å². The SMILES string of the molecule is C/C=C/C[C@@H](C)C(OC(=O)O[CH]CCCCCCCCOC(=O)CCC(=O)OCC(=O)[C@@]1(O)CCC2C3CCC4=CC(=O)C=C[C@]4(C)C3[C@@H](O)C[C@@]21C)C1C(=O)NC(CC)C(=O)N(C)CC(=O)N(C)[C@@H](CC(C)C)C(=O)NC(C(C)C)C(=O)N(C)C(CC(C)C)C(=O)NC(C)C(=O)NC(C)C(=O)N(C)C(CC(C)C)C(=O)N(C)C(CC(C)C)C(=O)N(C)C(C(C)C)C(=O)N1C. The number of fused-ring (bicyclic) bond motifs is 5. The van der Waals surface area contributed by atoms with Crippen molar-refractivity contribution in [2.75, 3.05) is 69.1 Å². The molecule has 3 saturated carbocycles. The van der Waals surface area contributed by atoms with Crippen LogP contribution in [-0.2, 0) is 90.9 Å². The van der Waals surface area contributed by atoms with Gasteiger partial charge in [-0.2, -0.15) is 0 Å². The highest BCUT2D eigenvalue weighted by Gasteiger charge is 2.68. The molecule has 0 aromatic heterocycles. The number of allylic oxidation sites excluding steroid dienone is 6. The maximum Gasteiger partial charge on any atom is 0.509 e. The highest BCUT2D eigenvalue weighted by Crippen LogP contribution is 2.67. The molecule has 4 fully saturated rings. The highest BCUT2D eigenvalue weighted by atomic mass is 16.7. The van der Waals surface area contributed by atoms with Crippen molar-refractivity contribution >= 4 is 94.6 Å². The Morgan fingerprint density at radius 1 is 0.569 bits per heavy atom. The second kappa shape index (κ2) is 50.1. The third kappa shape index (κ3) is 28.7. The smallest absolute Gasteiger partial charge is 0.466 e. The molecule has 0 bridgehead atoms. The maximum absolute atomic E-state index is 15.9. The number of nitrogens with zero attached hydrogens (tertiary/aromatic N) is 7. The Kier molecular flexibility index (Phi) is 42.9. The Morgan fingerprint density at radius 3 is 1.65 bits per heavy atom.